The van der Waals surface area contributed by atoms with E-state index in [1.165, 1.54) is 0 Å². The fourth-order valence-electron chi connectivity index (χ4n) is 1.04. The average Bonchev–Trinajstić information content (AvgIpc) is 2.89. The number of nitrogens with zero attached hydrogens (tertiary/aromatic N) is 2. The largest absolute Gasteiger partial charge is 0.473 e. The lowest BCUT2D eigenvalue weighted by atomic mass is 10.1. The highest BCUT2D eigenvalue weighted by Crippen LogP contribution is 2.25. The number of hydrogen-bond donors (Lipinski definition) is 0. The van der Waals surface area contributed by atoms with Gasteiger partial charge in [0.05, 0.1) is 18.1 Å². The van der Waals surface area contributed by atoms with Crippen molar-refractivity contribution in [1.29, 1.82) is 0 Å². The first-order valence-electron chi connectivity index (χ1n) is 4.74. The molecule has 1 aromatic rings. The maximum Gasteiger partial charge on any atom is 0.232 e. The minimum atomic E-state index is 0.402. The van der Waals surface area contributed by atoms with Crippen LogP contribution in [0.2, 0.25) is 0 Å². The van der Waals surface area contributed by atoms with Gasteiger partial charge in [-0.1, -0.05) is 13.8 Å². The smallest absolute Gasteiger partial charge is 0.232 e. The highest BCUT2D eigenvalue weighted by atomic mass is 16.5. The zero-order valence-corrected chi connectivity index (χ0v) is 8.03. The van der Waals surface area contributed by atoms with Gasteiger partial charge in [0, 0.05) is 0 Å². The molecule has 1 saturated carbocycles. The quantitative estimate of drug-likeness (QED) is 0.711. The lowest BCUT2D eigenvalue weighted by Gasteiger charge is -2.05. The van der Waals surface area contributed by atoms with Crippen LogP contribution in [0.5, 0.6) is 5.88 Å². The van der Waals surface area contributed by atoms with E-state index in [0.29, 0.717) is 17.9 Å². The molecule has 0 radical (unpaired) electrons. The van der Waals surface area contributed by atoms with Crippen molar-refractivity contribution < 1.29 is 4.74 Å². The molecule has 0 aliphatic heterocycles. The molecule has 0 N–H and O–H groups in total. The van der Waals surface area contributed by atoms with Gasteiger partial charge in [0.15, 0.2) is 0 Å². The van der Waals surface area contributed by atoms with Crippen LogP contribution >= 0.6 is 0 Å². The molecule has 1 aromatic heterocycles. The van der Waals surface area contributed by atoms with E-state index >= 15 is 0 Å². The van der Waals surface area contributed by atoms with Crippen molar-refractivity contribution in [3.05, 3.63) is 18.1 Å². The molecule has 1 aliphatic carbocycles. The molecule has 0 unspecified atom stereocenters. The Kier molecular flexibility index (Phi) is 2.17. The monoisotopic (exact) mass is 178 g/mol. The van der Waals surface area contributed by atoms with Crippen LogP contribution in [-0.4, -0.2) is 16.1 Å². The van der Waals surface area contributed by atoms with Crippen LogP contribution in [0.25, 0.3) is 0 Å². The Morgan fingerprint density at radius 3 is 2.54 bits per heavy atom. The zero-order chi connectivity index (χ0) is 9.26. The minimum absolute atomic E-state index is 0.402. The Morgan fingerprint density at radius 1 is 1.31 bits per heavy atom. The van der Waals surface area contributed by atoms with Crippen LogP contribution < -0.4 is 4.74 Å². The summed E-state index contributed by atoms with van der Waals surface area (Å²) in [4.78, 5) is 8.47. The lowest BCUT2D eigenvalue weighted by Crippen LogP contribution is -2.00. The van der Waals surface area contributed by atoms with E-state index in [1.54, 1.807) is 12.4 Å². The Hall–Kier alpha value is -1.12. The van der Waals surface area contributed by atoms with Crippen molar-refractivity contribution in [3.63, 3.8) is 0 Å². The molecular weight excluding hydrogens is 164 g/mol. The number of aromatic nitrogens is 2. The van der Waals surface area contributed by atoms with Crippen LogP contribution in [0.4, 0.5) is 0 Å². The fraction of sp³-hybridized carbons (Fsp3) is 0.600. The highest BCUT2D eigenvalue weighted by Gasteiger charge is 2.24. The molecule has 0 spiro atoms. The van der Waals surface area contributed by atoms with Crippen LogP contribution in [0.15, 0.2) is 12.4 Å². The van der Waals surface area contributed by atoms with Crippen LogP contribution in [-0.2, 0) is 0 Å². The zero-order valence-electron chi connectivity index (χ0n) is 8.03. The Labute approximate surface area is 78.2 Å². The molecule has 2 rings (SSSR count). The summed E-state index contributed by atoms with van der Waals surface area (Å²) in [5, 5.41) is 0. The third-order valence-corrected chi connectivity index (χ3v) is 2.05. The molecule has 13 heavy (non-hydrogen) atoms. The van der Waals surface area contributed by atoms with Crippen molar-refractivity contribution in [2.45, 2.75) is 38.7 Å². The molecule has 0 bridgehead atoms. The summed E-state index contributed by atoms with van der Waals surface area (Å²) >= 11 is 0. The number of hydrogen-bond acceptors (Lipinski definition) is 3. The van der Waals surface area contributed by atoms with Crippen LogP contribution in [0, 0.1) is 0 Å². The van der Waals surface area contributed by atoms with Gasteiger partial charge in [-0.3, -0.25) is 4.98 Å². The minimum Gasteiger partial charge on any atom is -0.473 e. The third-order valence-electron chi connectivity index (χ3n) is 2.05. The van der Waals surface area contributed by atoms with Crippen molar-refractivity contribution in [1.82, 2.24) is 9.97 Å². The molecule has 3 nitrogen and oxygen atoms in total. The van der Waals surface area contributed by atoms with Gasteiger partial charge in [0.1, 0.15) is 6.10 Å². The second-order valence-electron chi connectivity index (χ2n) is 3.75. The molecule has 3 heteroatoms. The first-order valence-corrected chi connectivity index (χ1v) is 4.74. The Bertz CT molecular complexity index is 277. The van der Waals surface area contributed by atoms with Crippen molar-refractivity contribution >= 4 is 0 Å². The van der Waals surface area contributed by atoms with Crippen molar-refractivity contribution in [2.75, 3.05) is 0 Å². The summed E-state index contributed by atoms with van der Waals surface area (Å²) in [6.45, 7) is 4.21. The van der Waals surface area contributed by atoms with E-state index in [0.717, 1.165) is 18.5 Å². The second-order valence-corrected chi connectivity index (χ2v) is 3.75. The highest BCUT2D eigenvalue weighted by molar-refractivity contribution is 5.10. The number of rotatable bonds is 3. The second kappa shape index (κ2) is 3.32. The van der Waals surface area contributed by atoms with Gasteiger partial charge >= 0.3 is 0 Å². The molecule has 1 aliphatic rings. The van der Waals surface area contributed by atoms with E-state index in [-0.39, 0.29) is 0 Å². The van der Waals surface area contributed by atoms with Crippen LogP contribution in [0.1, 0.15) is 38.3 Å². The topological polar surface area (TPSA) is 35.0 Å². The van der Waals surface area contributed by atoms with E-state index in [2.05, 4.69) is 23.8 Å². The molecule has 0 saturated heterocycles. The fourth-order valence-corrected chi connectivity index (χ4v) is 1.04. The van der Waals surface area contributed by atoms with Gasteiger partial charge in [-0.25, -0.2) is 4.98 Å². The molecular formula is C10H14N2O. The normalized spacial score (nSPS) is 16.2. The predicted octanol–water partition coefficient (Wildman–Crippen LogP) is 2.14. The summed E-state index contributed by atoms with van der Waals surface area (Å²) in [5.74, 6) is 1.09. The third kappa shape index (κ3) is 2.17. The van der Waals surface area contributed by atoms with Crippen molar-refractivity contribution in [3.8, 4) is 5.88 Å². The molecule has 0 atom stereocenters. The van der Waals surface area contributed by atoms with Crippen LogP contribution in [0.3, 0.4) is 0 Å². The van der Waals surface area contributed by atoms with E-state index in [1.807, 2.05) is 0 Å². The van der Waals surface area contributed by atoms with Gasteiger partial charge in [0.2, 0.25) is 5.88 Å². The molecule has 1 heterocycles. The van der Waals surface area contributed by atoms with E-state index < -0.39 is 0 Å². The molecule has 70 valence electrons. The summed E-state index contributed by atoms with van der Waals surface area (Å²) < 4.78 is 5.49. The standard InChI is InChI=1S/C10H14N2O/c1-7(2)9-5-12-10(6-11-9)13-8-3-4-8/h5-8H,3-4H2,1-2H3. The van der Waals surface area contributed by atoms with Crippen molar-refractivity contribution in [2.24, 2.45) is 0 Å². The van der Waals surface area contributed by atoms with Gasteiger partial charge < -0.3 is 4.74 Å². The average molecular weight is 178 g/mol. The lowest BCUT2D eigenvalue weighted by molar-refractivity contribution is 0.289. The first kappa shape index (κ1) is 8.48. The number of ether oxygens (including phenoxy) is 1. The van der Waals surface area contributed by atoms with Gasteiger partial charge in [-0.2, -0.15) is 0 Å². The summed E-state index contributed by atoms with van der Waals surface area (Å²) in [7, 11) is 0. The molecule has 0 aromatic carbocycles. The Morgan fingerprint density at radius 2 is 2.08 bits per heavy atom. The molecule has 1 fully saturated rings. The first-order chi connectivity index (χ1) is 6.25. The molecule has 0 amide bonds. The maximum absolute atomic E-state index is 5.49. The van der Waals surface area contributed by atoms with E-state index in [4.69, 9.17) is 4.74 Å². The maximum atomic E-state index is 5.49. The van der Waals surface area contributed by atoms with E-state index in [9.17, 15) is 0 Å². The summed E-state index contributed by atoms with van der Waals surface area (Å²) in [6, 6.07) is 0. The predicted molar refractivity (Wildman–Crippen MR) is 49.8 cm³/mol. The summed E-state index contributed by atoms with van der Waals surface area (Å²) in [5.41, 5.74) is 1.02. The van der Waals surface area contributed by atoms with Gasteiger partial charge in [-0.05, 0) is 18.8 Å². The van der Waals surface area contributed by atoms with Gasteiger partial charge in [0.25, 0.3) is 0 Å². The van der Waals surface area contributed by atoms with Gasteiger partial charge in [-0.15, -0.1) is 0 Å². The SMILES string of the molecule is CC(C)c1cnc(OC2CC2)cn1. The Balaban J connectivity index is 2.04. The summed E-state index contributed by atoms with van der Waals surface area (Å²) in [6.07, 6.45) is 6.23.